The van der Waals surface area contributed by atoms with Gasteiger partial charge in [-0.1, -0.05) is 0 Å². The van der Waals surface area contributed by atoms with Crippen LogP contribution < -0.4 is 5.32 Å². The highest BCUT2D eigenvalue weighted by Crippen LogP contribution is 2.23. The Bertz CT molecular complexity index is 315. The molecule has 2 amide bonds. The second-order valence-electron chi connectivity index (χ2n) is 2.68. The molecular weight excluding hydrogens is 158 g/mol. The van der Waals surface area contributed by atoms with Crippen LogP contribution in [0.2, 0.25) is 0 Å². The average Bonchev–Trinajstić information content (AvgIpc) is 2.58. The van der Waals surface area contributed by atoms with E-state index in [1.165, 1.54) is 6.26 Å². The lowest BCUT2D eigenvalue weighted by molar-refractivity contribution is -0.125. The van der Waals surface area contributed by atoms with Crippen molar-refractivity contribution in [1.29, 1.82) is 0 Å². The minimum Gasteiger partial charge on any atom is -0.469 e. The van der Waals surface area contributed by atoms with E-state index in [1.807, 2.05) is 0 Å². The summed E-state index contributed by atoms with van der Waals surface area (Å²) in [5.74, 6) is -0.373. The topological polar surface area (TPSA) is 59.3 Å². The quantitative estimate of drug-likeness (QED) is 0.613. The summed E-state index contributed by atoms with van der Waals surface area (Å²) < 4.78 is 5.02. The van der Waals surface area contributed by atoms with Gasteiger partial charge in [-0.15, -0.1) is 0 Å². The number of carbonyl (C=O) groups excluding carboxylic acids is 2. The van der Waals surface area contributed by atoms with Crippen molar-refractivity contribution in [3.05, 3.63) is 24.2 Å². The first-order chi connectivity index (χ1) is 5.77. The van der Waals surface area contributed by atoms with Crippen molar-refractivity contribution in [2.45, 2.75) is 12.3 Å². The molecule has 1 aliphatic rings. The van der Waals surface area contributed by atoms with E-state index in [-0.39, 0.29) is 18.2 Å². The maximum atomic E-state index is 11.1. The Morgan fingerprint density at radius 3 is 2.83 bits per heavy atom. The van der Waals surface area contributed by atoms with Crippen LogP contribution in [0.5, 0.6) is 0 Å². The van der Waals surface area contributed by atoms with Gasteiger partial charge in [0, 0.05) is 6.42 Å². The third-order valence-corrected chi connectivity index (χ3v) is 1.86. The first-order valence-electron chi connectivity index (χ1n) is 3.64. The third-order valence-electron chi connectivity index (χ3n) is 1.86. The molecule has 1 atom stereocenters. The SMILES string of the molecule is O=C1C[C@H](c2ccco2)C(=O)N1. The van der Waals surface area contributed by atoms with Crippen LogP contribution >= 0.6 is 0 Å². The highest BCUT2D eigenvalue weighted by atomic mass is 16.3. The molecule has 1 aliphatic heterocycles. The maximum Gasteiger partial charge on any atom is 0.237 e. The van der Waals surface area contributed by atoms with E-state index in [2.05, 4.69) is 5.32 Å². The number of furan rings is 1. The molecule has 1 fully saturated rings. The van der Waals surface area contributed by atoms with Gasteiger partial charge in [-0.25, -0.2) is 0 Å². The lowest BCUT2D eigenvalue weighted by Gasteiger charge is -1.98. The Balaban J connectivity index is 2.26. The van der Waals surface area contributed by atoms with Gasteiger partial charge in [0.05, 0.1) is 6.26 Å². The maximum absolute atomic E-state index is 11.1. The number of hydrogen-bond donors (Lipinski definition) is 1. The zero-order chi connectivity index (χ0) is 8.55. The van der Waals surface area contributed by atoms with Crippen molar-refractivity contribution in [3.8, 4) is 0 Å². The Labute approximate surface area is 68.6 Å². The second kappa shape index (κ2) is 2.48. The molecule has 0 radical (unpaired) electrons. The molecule has 0 aliphatic carbocycles. The van der Waals surface area contributed by atoms with E-state index in [4.69, 9.17) is 4.42 Å². The predicted octanol–water partition coefficient (Wildman–Crippen LogP) is 0.410. The second-order valence-corrected chi connectivity index (χ2v) is 2.68. The average molecular weight is 165 g/mol. The van der Waals surface area contributed by atoms with Gasteiger partial charge >= 0.3 is 0 Å². The molecule has 0 spiro atoms. The van der Waals surface area contributed by atoms with E-state index in [1.54, 1.807) is 12.1 Å². The first kappa shape index (κ1) is 7.09. The molecule has 1 N–H and O–H groups in total. The third kappa shape index (κ3) is 1.01. The van der Waals surface area contributed by atoms with Crippen molar-refractivity contribution in [2.75, 3.05) is 0 Å². The van der Waals surface area contributed by atoms with Crippen LogP contribution in [0.3, 0.4) is 0 Å². The molecule has 12 heavy (non-hydrogen) atoms. The molecule has 2 rings (SSSR count). The first-order valence-corrected chi connectivity index (χ1v) is 3.64. The molecule has 4 nitrogen and oxygen atoms in total. The fraction of sp³-hybridized carbons (Fsp3) is 0.250. The summed E-state index contributed by atoms with van der Waals surface area (Å²) >= 11 is 0. The Kier molecular flexibility index (Phi) is 1.46. The Morgan fingerprint density at radius 1 is 1.50 bits per heavy atom. The number of amides is 2. The van der Waals surface area contributed by atoms with E-state index in [0.29, 0.717) is 5.76 Å². The van der Waals surface area contributed by atoms with Gasteiger partial charge < -0.3 is 4.42 Å². The number of carbonyl (C=O) groups is 2. The smallest absolute Gasteiger partial charge is 0.237 e. The van der Waals surface area contributed by atoms with Gasteiger partial charge in [0.15, 0.2) is 0 Å². The largest absolute Gasteiger partial charge is 0.469 e. The van der Waals surface area contributed by atoms with E-state index >= 15 is 0 Å². The number of rotatable bonds is 1. The van der Waals surface area contributed by atoms with Gasteiger partial charge in [-0.2, -0.15) is 0 Å². The minimum atomic E-state index is -0.424. The number of nitrogens with one attached hydrogen (secondary N) is 1. The number of imide groups is 1. The van der Waals surface area contributed by atoms with Crippen LogP contribution in [0.4, 0.5) is 0 Å². The molecule has 1 aromatic rings. The van der Waals surface area contributed by atoms with Crippen LogP contribution in [0.1, 0.15) is 18.1 Å². The zero-order valence-corrected chi connectivity index (χ0v) is 6.24. The molecular formula is C8H7NO3. The lowest BCUT2D eigenvalue weighted by atomic mass is 10.1. The molecule has 1 saturated heterocycles. The van der Waals surface area contributed by atoms with Crippen LogP contribution in [-0.2, 0) is 9.59 Å². The fourth-order valence-electron chi connectivity index (χ4n) is 1.27. The van der Waals surface area contributed by atoms with E-state index in [9.17, 15) is 9.59 Å². The van der Waals surface area contributed by atoms with Gasteiger partial charge in [-0.3, -0.25) is 14.9 Å². The van der Waals surface area contributed by atoms with Crippen molar-refractivity contribution in [1.82, 2.24) is 5.32 Å². The molecule has 0 aromatic carbocycles. The summed E-state index contributed by atoms with van der Waals surface area (Å²) in [6.07, 6.45) is 1.69. The van der Waals surface area contributed by atoms with Crippen molar-refractivity contribution in [2.24, 2.45) is 0 Å². The highest BCUT2D eigenvalue weighted by molar-refractivity contribution is 6.05. The Hall–Kier alpha value is -1.58. The predicted molar refractivity (Wildman–Crippen MR) is 39.2 cm³/mol. The molecule has 1 aromatic heterocycles. The summed E-state index contributed by atoms with van der Waals surface area (Å²) in [4.78, 5) is 21.9. The van der Waals surface area contributed by atoms with Crippen LogP contribution in [0.15, 0.2) is 22.8 Å². The molecule has 2 heterocycles. The lowest BCUT2D eigenvalue weighted by Crippen LogP contribution is -2.21. The standard InChI is InChI=1S/C8H7NO3/c10-7-4-5(8(11)9-7)6-2-1-3-12-6/h1-3,5H,4H2,(H,9,10,11)/t5-/m1/s1. The van der Waals surface area contributed by atoms with Gasteiger partial charge in [0.25, 0.3) is 0 Å². The van der Waals surface area contributed by atoms with Crippen LogP contribution in [-0.4, -0.2) is 11.8 Å². The molecule has 0 bridgehead atoms. The van der Waals surface area contributed by atoms with Crippen LogP contribution in [0, 0.1) is 0 Å². The summed E-state index contributed by atoms with van der Waals surface area (Å²) in [7, 11) is 0. The normalized spacial score (nSPS) is 22.8. The van der Waals surface area contributed by atoms with E-state index < -0.39 is 5.92 Å². The summed E-state index contributed by atoms with van der Waals surface area (Å²) in [6.45, 7) is 0. The van der Waals surface area contributed by atoms with Crippen LogP contribution in [0.25, 0.3) is 0 Å². The molecule has 4 heteroatoms. The Morgan fingerprint density at radius 2 is 2.33 bits per heavy atom. The van der Waals surface area contributed by atoms with Gasteiger partial charge in [0.2, 0.25) is 11.8 Å². The van der Waals surface area contributed by atoms with E-state index in [0.717, 1.165) is 0 Å². The summed E-state index contributed by atoms with van der Waals surface area (Å²) in [6, 6.07) is 3.40. The zero-order valence-electron chi connectivity index (χ0n) is 6.24. The molecule has 62 valence electrons. The van der Waals surface area contributed by atoms with Crippen molar-refractivity contribution < 1.29 is 14.0 Å². The van der Waals surface area contributed by atoms with Crippen molar-refractivity contribution in [3.63, 3.8) is 0 Å². The minimum absolute atomic E-state index is 0.201. The summed E-state index contributed by atoms with van der Waals surface area (Å²) in [5, 5.41) is 2.22. The van der Waals surface area contributed by atoms with Crippen molar-refractivity contribution >= 4 is 11.8 Å². The number of hydrogen-bond acceptors (Lipinski definition) is 3. The van der Waals surface area contributed by atoms with Gasteiger partial charge in [-0.05, 0) is 12.1 Å². The summed E-state index contributed by atoms with van der Waals surface area (Å²) in [5.41, 5.74) is 0. The van der Waals surface area contributed by atoms with Gasteiger partial charge in [0.1, 0.15) is 11.7 Å². The molecule has 0 saturated carbocycles. The monoisotopic (exact) mass is 165 g/mol. The molecule has 0 unspecified atom stereocenters. The highest BCUT2D eigenvalue weighted by Gasteiger charge is 2.33. The fourth-order valence-corrected chi connectivity index (χ4v) is 1.27.